The molecule has 5 nitrogen and oxygen atoms in total. The second-order valence-corrected chi connectivity index (χ2v) is 15.7. The normalized spacial score (nSPS) is 15.5. The van der Waals surface area contributed by atoms with E-state index in [9.17, 15) is 5.11 Å². The number of aliphatic imine (C=N–C) groups is 1. The van der Waals surface area contributed by atoms with Gasteiger partial charge >= 0.3 is 0 Å². The fourth-order valence-electron chi connectivity index (χ4n) is 4.71. The Hall–Kier alpha value is -2.17. The molecular formula is C29H37N2O3PtSi-. The molecule has 0 fully saturated rings. The van der Waals surface area contributed by atoms with Crippen LogP contribution in [0.25, 0.3) is 10.9 Å². The second-order valence-electron chi connectivity index (χ2n) is 10.7. The van der Waals surface area contributed by atoms with Crippen molar-refractivity contribution in [2.45, 2.75) is 72.1 Å². The van der Waals surface area contributed by atoms with Gasteiger partial charge < -0.3 is 14.6 Å². The number of phenolic OH excluding ortho intramolecular Hbond substituents is 1. The summed E-state index contributed by atoms with van der Waals surface area (Å²) in [7, 11) is -1.66. The summed E-state index contributed by atoms with van der Waals surface area (Å²) in [6, 6.07) is 15.3. The molecule has 0 saturated carbocycles. The number of ether oxygens (including phenoxy) is 2. The Bertz CT molecular complexity index is 1230. The molecule has 196 valence electrons. The van der Waals surface area contributed by atoms with Crippen molar-refractivity contribution in [2.24, 2.45) is 10.9 Å². The number of hydrogen-bond donors (Lipinski definition) is 1. The summed E-state index contributed by atoms with van der Waals surface area (Å²) in [4.78, 5) is 9.57. The summed E-state index contributed by atoms with van der Waals surface area (Å²) in [6.07, 6.45) is 4.67. The molecule has 36 heavy (non-hydrogen) atoms. The number of aryl methyl sites for hydroxylation is 1. The van der Waals surface area contributed by atoms with Gasteiger partial charge in [0.15, 0.2) is 0 Å². The maximum Gasteiger partial charge on any atom is 0.217 e. The summed E-state index contributed by atoms with van der Waals surface area (Å²) in [6.45, 7) is 14.0. The number of benzene rings is 2. The van der Waals surface area contributed by atoms with Crippen LogP contribution in [-0.4, -0.2) is 36.7 Å². The van der Waals surface area contributed by atoms with Crippen LogP contribution >= 0.6 is 0 Å². The van der Waals surface area contributed by atoms with Crippen LogP contribution < -0.4 is 9.92 Å². The number of pyridine rings is 1. The predicted octanol–water partition coefficient (Wildman–Crippen LogP) is 6.75. The number of nitrogens with zero attached hydrogens (tertiary/aromatic N) is 2. The van der Waals surface area contributed by atoms with Crippen LogP contribution in [0.15, 0.2) is 41.4 Å². The average Bonchev–Trinajstić information content (AvgIpc) is 3.29. The number of rotatable bonds is 9. The smallest absolute Gasteiger partial charge is 0.217 e. The molecule has 1 aromatic heterocycles. The quantitative estimate of drug-likeness (QED) is 0.200. The molecule has 1 aliphatic heterocycles. The van der Waals surface area contributed by atoms with Crippen molar-refractivity contribution in [3.63, 3.8) is 0 Å². The van der Waals surface area contributed by atoms with E-state index in [1.165, 1.54) is 18.0 Å². The summed E-state index contributed by atoms with van der Waals surface area (Å²) < 4.78 is 12.3. The first-order valence-corrected chi connectivity index (χ1v) is 16.2. The van der Waals surface area contributed by atoms with E-state index in [-0.39, 0.29) is 32.9 Å². The van der Waals surface area contributed by atoms with Gasteiger partial charge in [-0.25, -0.2) is 4.98 Å². The van der Waals surface area contributed by atoms with E-state index in [1.807, 2.05) is 25.1 Å². The fraction of sp³-hybridized carbons (Fsp3) is 0.448. The molecule has 3 aromatic rings. The Morgan fingerprint density at radius 1 is 1.11 bits per heavy atom. The van der Waals surface area contributed by atoms with Crippen LogP contribution in [0.4, 0.5) is 0 Å². The molecule has 4 rings (SSSR count). The third kappa shape index (κ3) is 6.57. The van der Waals surface area contributed by atoms with E-state index in [0.717, 1.165) is 29.4 Å². The van der Waals surface area contributed by atoms with E-state index in [4.69, 9.17) is 14.5 Å². The molecule has 0 aliphatic carbocycles. The van der Waals surface area contributed by atoms with Crippen LogP contribution in [0.3, 0.4) is 0 Å². The molecular weight excluding hydrogens is 647 g/mol. The topological polar surface area (TPSA) is 63.9 Å². The minimum atomic E-state index is -1.66. The number of hydrogen-bond acceptors (Lipinski definition) is 5. The third-order valence-electron chi connectivity index (χ3n) is 6.58. The molecule has 0 spiro atoms. The van der Waals surface area contributed by atoms with Crippen LogP contribution in [0.2, 0.25) is 19.6 Å². The van der Waals surface area contributed by atoms with Crippen LogP contribution in [0, 0.1) is 18.9 Å². The first-order valence-electron chi connectivity index (χ1n) is 12.7. The number of aromatic hydroxyl groups is 1. The zero-order valence-corrected chi connectivity index (χ0v) is 25.4. The van der Waals surface area contributed by atoms with Gasteiger partial charge in [0, 0.05) is 38.3 Å². The Morgan fingerprint density at radius 3 is 2.50 bits per heavy atom. The van der Waals surface area contributed by atoms with Crippen molar-refractivity contribution >= 4 is 30.1 Å². The zero-order chi connectivity index (χ0) is 25.2. The fourth-order valence-corrected chi connectivity index (χ4v) is 5.85. The number of fused-ring (bicyclic) bond motifs is 1. The second kappa shape index (κ2) is 11.9. The van der Waals surface area contributed by atoms with Crippen molar-refractivity contribution in [2.75, 3.05) is 6.61 Å². The zero-order valence-electron chi connectivity index (χ0n) is 22.1. The van der Waals surface area contributed by atoms with Gasteiger partial charge in [-0.15, -0.1) is 17.3 Å². The first-order chi connectivity index (χ1) is 16.7. The van der Waals surface area contributed by atoms with Gasteiger partial charge in [-0.2, -0.15) is 0 Å². The Balaban J connectivity index is 0.00000361. The maximum atomic E-state index is 10.4. The molecule has 7 heteroatoms. The summed E-state index contributed by atoms with van der Waals surface area (Å²) in [5, 5.41) is 12.5. The molecule has 0 radical (unpaired) electrons. The Kier molecular flexibility index (Phi) is 9.40. The summed E-state index contributed by atoms with van der Waals surface area (Å²) >= 11 is 0. The van der Waals surface area contributed by atoms with E-state index in [2.05, 4.69) is 56.7 Å². The molecule has 0 amide bonds. The third-order valence-corrected chi connectivity index (χ3v) is 8.60. The minimum Gasteiger partial charge on any atom is -0.518 e. The van der Waals surface area contributed by atoms with Crippen LogP contribution in [0.5, 0.6) is 17.4 Å². The molecule has 0 bridgehead atoms. The van der Waals surface area contributed by atoms with Gasteiger partial charge in [0.05, 0.1) is 20.7 Å². The van der Waals surface area contributed by atoms with Crippen LogP contribution in [-0.2, 0) is 25.8 Å². The predicted molar refractivity (Wildman–Crippen MR) is 146 cm³/mol. The van der Waals surface area contributed by atoms with Crippen molar-refractivity contribution in [3.8, 4) is 17.4 Å². The Morgan fingerprint density at radius 2 is 1.83 bits per heavy atom. The van der Waals surface area contributed by atoms with Gasteiger partial charge in [0.1, 0.15) is 17.2 Å². The molecule has 1 N–H and O–H groups in total. The summed E-state index contributed by atoms with van der Waals surface area (Å²) in [5.74, 6) is 2.38. The molecule has 2 heterocycles. The average molecular weight is 685 g/mol. The molecule has 0 unspecified atom stereocenters. The summed E-state index contributed by atoms with van der Waals surface area (Å²) in [5.41, 5.74) is 2.36. The largest absolute Gasteiger partial charge is 0.518 e. The van der Waals surface area contributed by atoms with Gasteiger partial charge in [0.2, 0.25) is 5.88 Å². The molecule has 1 atom stereocenters. The SMILES string of the molecule is CCCC(CCC)[C@H]1COC(c2[c-]c(Oc3ccc4cc(C)cc(O)c4n3)cc([Si](C)(C)C)c2)=N1.[Pt]. The van der Waals surface area contributed by atoms with E-state index < -0.39 is 8.07 Å². The van der Waals surface area contributed by atoms with Crippen molar-refractivity contribution in [1.29, 1.82) is 0 Å². The van der Waals surface area contributed by atoms with Gasteiger partial charge in [-0.05, 0) is 49.4 Å². The maximum absolute atomic E-state index is 10.4. The number of aromatic nitrogens is 1. The first kappa shape index (κ1) is 28.4. The molecule has 0 saturated heterocycles. The van der Waals surface area contributed by atoms with Crippen molar-refractivity contribution in [1.82, 2.24) is 4.98 Å². The van der Waals surface area contributed by atoms with Gasteiger partial charge in [-0.1, -0.05) is 58.0 Å². The van der Waals surface area contributed by atoms with Crippen LogP contribution in [0.1, 0.15) is 50.7 Å². The van der Waals surface area contributed by atoms with Gasteiger partial charge in [0.25, 0.3) is 0 Å². The monoisotopic (exact) mass is 684 g/mol. The van der Waals surface area contributed by atoms with Gasteiger partial charge in [-0.3, -0.25) is 4.99 Å². The van der Waals surface area contributed by atoms with Crippen molar-refractivity contribution in [3.05, 3.63) is 53.6 Å². The Labute approximate surface area is 230 Å². The molecule has 1 aliphatic rings. The van der Waals surface area contributed by atoms with E-state index in [0.29, 0.717) is 35.6 Å². The van der Waals surface area contributed by atoms with E-state index >= 15 is 0 Å². The number of phenols is 1. The van der Waals surface area contributed by atoms with Crippen molar-refractivity contribution < 1.29 is 35.6 Å². The minimum absolute atomic E-state index is 0. The van der Waals surface area contributed by atoms with E-state index in [1.54, 1.807) is 6.07 Å². The molecule has 2 aromatic carbocycles. The standard InChI is InChI=1S/C29H37N2O3Si.Pt/c1-7-9-20(10-8-2)25-18-33-29(30-25)22-15-23(17-24(16-22)35(4,5)6)34-27-12-11-21-13-19(3)14-26(32)28(21)31-27;/h11-14,16-17,20,25,32H,7-10,18H2,1-6H3;/q-1;/t25-;/m1./s1.